The van der Waals surface area contributed by atoms with Crippen molar-refractivity contribution in [3.05, 3.63) is 69.9 Å². The van der Waals surface area contributed by atoms with Crippen LogP contribution in [0.4, 0.5) is 5.69 Å². The molecule has 2 N–H and O–H groups in total. The summed E-state index contributed by atoms with van der Waals surface area (Å²) in [7, 11) is -4.70. The highest BCUT2D eigenvalue weighted by Gasteiger charge is 2.23. The van der Waals surface area contributed by atoms with E-state index in [0.29, 0.717) is 52.6 Å². The summed E-state index contributed by atoms with van der Waals surface area (Å²) in [6.45, 7) is 6.05. The number of sulfonamides is 1. The van der Waals surface area contributed by atoms with E-state index in [4.69, 9.17) is 13.8 Å². The molecule has 43 heavy (non-hydrogen) atoms. The summed E-state index contributed by atoms with van der Waals surface area (Å²) < 4.78 is 59.1. The number of rotatable bonds is 15. The molecule has 0 aliphatic rings. The number of aryl methyl sites for hydroxylation is 2. The molecule has 232 valence electrons. The number of hydrogen-bond donors (Lipinski definition) is 2. The van der Waals surface area contributed by atoms with Gasteiger partial charge < -0.3 is 18.8 Å². The molecule has 0 aliphatic heterocycles. The Kier molecular flexibility index (Phi) is 10.4. The van der Waals surface area contributed by atoms with Crippen LogP contribution in [0.2, 0.25) is 0 Å². The Hall–Kier alpha value is -3.51. The van der Waals surface area contributed by atoms with E-state index in [1.165, 1.54) is 26.4 Å². The van der Waals surface area contributed by atoms with Gasteiger partial charge in [-0.2, -0.15) is 0 Å². The van der Waals surface area contributed by atoms with Gasteiger partial charge in [-0.25, -0.2) is 17.9 Å². The van der Waals surface area contributed by atoms with Crippen LogP contribution in [0.15, 0.2) is 52.2 Å². The molecule has 2 aromatic carbocycles. The highest BCUT2D eigenvalue weighted by atomic mass is 32.2. The fourth-order valence-electron chi connectivity index (χ4n) is 4.69. The molecule has 14 heteroatoms. The Morgan fingerprint density at radius 3 is 2.40 bits per heavy atom. The van der Waals surface area contributed by atoms with E-state index >= 15 is 0 Å². The number of unbranched alkanes of at least 4 members (excludes halogenated alkanes) is 3. The maximum atomic E-state index is 13.4. The topological polar surface area (TPSA) is 154 Å². The van der Waals surface area contributed by atoms with E-state index in [-0.39, 0.29) is 22.4 Å². The Balaban J connectivity index is 1.68. The van der Waals surface area contributed by atoms with Crippen molar-refractivity contribution >= 4 is 28.8 Å². The molecule has 0 amide bonds. The average Bonchev–Trinajstić information content (AvgIpc) is 3.31. The summed E-state index contributed by atoms with van der Waals surface area (Å²) >= 11 is 0. The predicted octanol–water partition coefficient (Wildman–Crippen LogP) is 5.70. The number of nitrogens with one attached hydrogen (secondary N) is 2. The fraction of sp³-hybridized carbons (Fsp3) is 0.414. The van der Waals surface area contributed by atoms with E-state index in [9.17, 15) is 17.8 Å². The lowest BCUT2D eigenvalue weighted by Crippen LogP contribution is -2.17. The third kappa shape index (κ3) is 7.53. The van der Waals surface area contributed by atoms with Crippen LogP contribution in [0.3, 0.4) is 0 Å². The van der Waals surface area contributed by atoms with Gasteiger partial charge in [0.2, 0.25) is 0 Å². The van der Waals surface area contributed by atoms with Crippen molar-refractivity contribution in [2.45, 2.75) is 63.9 Å². The number of fused-ring (bicyclic) bond motifs is 1. The monoisotopic (exact) mass is 631 g/mol. The molecule has 0 fully saturated rings. The minimum atomic E-state index is -4.06. The van der Waals surface area contributed by atoms with Gasteiger partial charge in [0.15, 0.2) is 11.3 Å². The maximum Gasteiger partial charge on any atom is 0.334 e. The second-order valence-corrected chi connectivity index (χ2v) is 14.0. The molecule has 2 heterocycles. The first-order chi connectivity index (χ1) is 20.5. The zero-order chi connectivity index (χ0) is 31.2. The van der Waals surface area contributed by atoms with Crippen LogP contribution >= 0.6 is 7.60 Å². The van der Waals surface area contributed by atoms with Gasteiger partial charge in [-0.05, 0) is 56.2 Å². The van der Waals surface area contributed by atoms with Crippen LogP contribution in [0.25, 0.3) is 16.9 Å². The van der Waals surface area contributed by atoms with Crippen LogP contribution in [0, 0.1) is 6.92 Å². The predicted molar refractivity (Wildman–Crippen MR) is 165 cm³/mol. The zero-order valence-corrected chi connectivity index (χ0v) is 26.8. The molecule has 2 aromatic heterocycles. The lowest BCUT2D eigenvalue weighted by Gasteiger charge is -2.15. The summed E-state index contributed by atoms with van der Waals surface area (Å²) in [6.07, 6.45) is 4.89. The highest BCUT2D eigenvalue weighted by Crippen LogP contribution is 2.49. The van der Waals surface area contributed by atoms with Crippen molar-refractivity contribution in [1.29, 1.82) is 0 Å². The van der Waals surface area contributed by atoms with Crippen molar-refractivity contribution in [3.63, 3.8) is 0 Å². The number of aromatic nitrogens is 4. The van der Waals surface area contributed by atoms with E-state index in [2.05, 4.69) is 26.7 Å². The van der Waals surface area contributed by atoms with Crippen LogP contribution in [0.5, 0.6) is 5.75 Å². The van der Waals surface area contributed by atoms with Gasteiger partial charge in [-0.3, -0.25) is 14.1 Å². The van der Waals surface area contributed by atoms with Crippen molar-refractivity contribution in [2.75, 3.05) is 25.5 Å². The molecule has 0 radical (unpaired) electrons. The normalized spacial score (nSPS) is 12.1. The first-order valence-corrected chi connectivity index (χ1v) is 17.3. The average molecular weight is 632 g/mol. The minimum Gasteiger partial charge on any atom is -0.493 e. The van der Waals surface area contributed by atoms with Crippen molar-refractivity contribution in [1.82, 2.24) is 19.6 Å². The van der Waals surface area contributed by atoms with Crippen LogP contribution in [0.1, 0.15) is 56.6 Å². The number of benzene rings is 2. The standard InChI is InChI=1S/C29H38N5O7PS/c1-6-8-9-10-11-26-30-20(3)27-29(35)31-28(32-34(26)27)24-18-23(16-17-25(24)41-7-2)43(37,38)33-22-14-12-21(13-15-22)19-42(36,39-4)40-5/h12-18,33H,6-11,19H2,1-5H3,(H,31,32,35). The molecule has 4 aromatic rings. The number of imidazole rings is 1. The number of H-pyrrole nitrogens is 1. The second-order valence-electron chi connectivity index (χ2n) is 10.0. The fourth-order valence-corrected chi connectivity index (χ4v) is 6.84. The van der Waals surface area contributed by atoms with Crippen molar-refractivity contribution < 1.29 is 26.8 Å². The van der Waals surface area contributed by atoms with E-state index in [1.54, 1.807) is 41.8 Å². The van der Waals surface area contributed by atoms with Gasteiger partial charge in [0, 0.05) is 26.3 Å². The van der Waals surface area contributed by atoms with Crippen molar-refractivity contribution in [3.8, 4) is 17.1 Å². The quantitative estimate of drug-likeness (QED) is 0.124. The summed E-state index contributed by atoms with van der Waals surface area (Å²) in [5, 5.41) is 4.69. The van der Waals surface area contributed by atoms with Gasteiger partial charge in [0.1, 0.15) is 11.6 Å². The lowest BCUT2D eigenvalue weighted by atomic mass is 10.1. The Labute approximate surface area is 251 Å². The molecular weight excluding hydrogens is 593 g/mol. The first kappa shape index (κ1) is 32.4. The van der Waals surface area contributed by atoms with Crippen molar-refractivity contribution in [2.24, 2.45) is 0 Å². The highest BCUT2D eigenvalue weighted by molar-refractivity contribution is 7.92. The second kappa shape index (κ2) is 13.9. The SMILES string of the molecule is CCCCCCc1nc(C)c2c(=O)[nH]c(-c3cc(S(=O)(=O)Nc4ccc(CP(=O)(OC)OC)cc4)ccc3OCC)nn12. The lowest BCUT2D eigenvalue weighted by molar-refractivity contribution is 0.275. The van der Waals surface area contributed by atoms with Crippen LogP contribution in [-0.2, 0) is 36.2 Å². The van der Waals surface area contributed by atoms with E-state index in [1.807, 2.05) is 6.92 Å². The third-order valence-corrected chi connectivity index (χ3v) is 10.2. The molecule has 0 unspecified atom stereocenters. The van der Waals surface area contributed by atoms with Gasteiger partial charge in [0.05, 0.1) is 28.9 Å². The Bertz CT molecular complexity index is 1780. The number of hydrogen-bond acceptors (Lipinski definition) is 9. The molecule has 12 nitrogen and oxygen atoms in total. The summed E-state index contributed by atoms with van der Waals surface area (Å²) in [5.74, 6) is 1.21. The molecule has 0 atom stereocenters. The van der Waals surface area contributed by atoms with Gasteiger partial charge >= 0.3 is 7.60 Å². The van der Waals surface area contributed by atoms with Gasteiger partial charge in [-0.1, -0.05) is 38.3 Å². The van der Waals surface area contributed by atoms with Crippen LogP contribution in [-0.4, -0.2) is 48.8 Å². The Morgan fingerprint density at radius 2 is 1.74 bits per heavy atom. The van der Waals surface area contributed by atoms with E-state index in [0.717, 1.165) is 25.7 Å². The number of aromatic amines is 1. The molecule has 0 spiro atoms. The van der Waals surface area contributed by atoms with Gasteiger partial charge in [-0.15, -0.1) is 5.10 Å². The molecule has 0 saturated heterocycles. The van der Waals surface area contributed by atoms with E-state index < -0.39 is 17.6 Å². The summed E-state index contributed by atoms with van der Waals surface area (Å²) in [5.41, 5.74) is 1.83. The zero-order valence-electron chi connectivity index (χ0n) is 25.0. The van der Waals surface area contributed by atoms with Crippen LogP contribution < -0.4 is 15.0 Å². The number of nitrogens with zero attached hydrogens (tertiary/aromatic N) is 3. The molecule has 0 saturated carbocycles. The number of anilines is 1. The third-order valence-electron chi connectivity index (χ3n) is 6.95. The molecule has 0 bridgehead atoms. The summed E-state index contributed by atoms with van der Waals surface area (Å²) in [6, 6.07) is 10.8. The van der Waals surface area contributed by atoms with Gasteiger partial charge in [0.25, 0.3) is 15.6 Å². The maximum absolute atomic E-state index is 13.4. The summed E-state index contributed by atoms with van der Waals surface area (Å²) in [4.78, 5) is 20.5. The Morgan fingerprint density at radius 1 is 1.02 bits per heavy atom. The smallest absolute Gasteiger partial charge is 0.334 e. The number of ether oxygens (including phenoxy) is 1. The first-order valence-electron chi connectivity index (χ1n) is 14.1. The molecule has 4 rings (SSSR count). The molecule has 0 aliphatic carbocycles. The largest absolute Gasteiger partial charge is 0.493 e. The minimum absolute atomic E-state index is 0.0434. The molecular formula is C29H38N5O7PS.